The third-order valence-electron chi connectivity index (χ3n) is 1.80. The van der Waals surface area contributed by atoms with E-state index in [1.54, 1.807) is 6.40 Å². The van der Waals surface area contributed by atoms with Crippen LogP contribution in [0.15, 0.2) is 0 Å². The average molecular weight is 172 g/mol. The number of nitrogens with zero attached hydrogens (tertiary/aromatic N) is 1. The van der Waals surface area contributed by atoms with Crippen molar-refractivity contribution in [3.63, 3.8) is 0 Å². The van der Waals surface area contributed by atoms with Crippen molar-refractivity contribution in [2.75, 3.05) is 14.1 Å². The van der Waals surface area contributed by atoms with Crippen molar-refractivity contribution in [2.45, 2.75) is 45.6 Å². The molecule has 0 bridgehead atoms. The molecule has 0 saturated carbocycles. The molecule has 0 aliphatic carbocycles. The zero-order valence-corrected chi connectivity index (χ0v) is 8.84. The van der Waals surface area contributed by atoms with Gasteiger partial charge in [0.05, 0.1) is 0 Å². The zero-order valence-electron chi connectivity index (χ0n) is 8.84. The molecule has 0 aliphatic rings. The summed E-state index contributed by atoms with van der Waals surface area (Å²) in [4.78, 5) is 0. The molecule has 0 aromatic rings. The quantitative estimate of drug-likeness (QED) is 0.340. The van der Waals surface area contributed by atoms with Crippen LogP contribution in [-0.4, -0.2) is 31.2 Å². The van der Waals surface area contributed by atoms with Gasteiger partial charge in [-0.3, -0.25) is 0 Å². The summed E-state index contributed by atoms with van der Waals surface area (Å²) in [6, 6.07) is 0. The highest BCUT2D eigenvalue weighted by molar-refractivity contribution is 5.39. The third-order valence-corrected chi connectivity index (χ3v) is 1.80. The second kappa shape index (κ2) is 7.14. The molecule has 0 heterocycles. The molecule has 0 aromatic carbocycles. The highest BCUT2D eigenvalue weighted by Crippen LogP contribution is 2.06. The molecule has 0 aromatic heterocycles. The van der Waals surface area contributed by atoms with Gasteiger partial charge in [0, 0.05) is 0 Å². The van der Waals surface area contributed by atoms with Crippen molar-refractivity contribution < 1.29 is 9.31 Å². The first-order valence-electron chi connectivity index (χ1n) is 4.85. The number of hydrogen-bond donors (Lipinski definition) is 0. The molecule has 1 atom stereocenters. The second-order valence-corrected chi connectivity index (χ2v) is 3.38. The lowest BCUT2D eigenvalue weighted by atomic mass is 10.1. The van der Waals surface area contributed by atoms with Crippen LogP contribution >= 0.6 is 0 Å². The fraction of sp³-hybridized carbons (Fsp3) is 0.900. The molecule has 2 nitrogen and oxygen atoms in total. The zero-order chi connectivity index (χ0) is 9.40. The Labute approximate surface area is 76.2 Å². The van der Waals surface area contributed by atoms with Gasteiger partial charge in [-0.2, -0.15) is 0 Å². The predicted octanol–water partition coefficient (Wildman–Crippen LogP) is 2.27. The van der Waals surface area contributed by atoms with Gasteiger partial charge in [-0.1, -0.05) is 26.7 Å². The highest BCUT2D eigenvalue weighted by atomic mass is 16.5. The minimum Gasteiger partial charge on any atom is -0.447 e. The molecule has 1 unspecified atom stereocenters. The smallest absolute Gasteiger partial charge is 0.323 e. The number of unbranched alkanes of at least 4 members (excludes halogenated alkanes) is 1. The maximum atomic E-state index is 5.56. The van der Waals surface area contributed by atoms with Crippen LogP contribution in [0, 0.1) is 0 Å². The largest absolute Gasteiger partial charge is 0.447 e. The predicted molar refractivity (Wildman–Crippen MR) is 52.9 cm³/mol. The number of rotatable bonds is 6. The molecular formula is C10H22NO+. The molecule has 0 radical (unpaired) electrons. The van der Waals surface area contributed by atoms with E-state index in [2.05, 4.69) is 13.8 Å². The van der Waals surface area contributed by atoms with Crippen LogP contribution in [0.1, 0.15) is 39.5 Å². The molecule has 0 rings (SSSR count). The van der Waals surface area contributed by atoms with Gasteiger partial charge in [-0.15, -0.1) is 0 Å². The fourth-order valence-corrected chi connectivity index (χ4v) is 1.01. The van der Waals surface area contributed by atoms with Gasteiger partial charge in [-0.05, 0) is 12.8 Å². The van der Waals surface area contributed by atoms with Gasteiger partial charge in [0.1, 0.15) is 20.2 Å². The fourth-order valence-electron chi connectivity index (χ4n) is 1.01. The number of ether oxygens (including phenoxy) is 1. The third kappa shape index (κ3) is 6.20. The minimum absolute atomic E-state index is 0.410. The summed E-state index contributed by atoms with van der Waals surface area (Å²) in [5.74, 6) is 0. The lowest BCUT2D eigenvalue weighted by molar-refractivity contribution is -0.469. The van der Waals surface area contributed by atoms with Crippen LogP contribution in [0.2, 0.25) is 0 Å². The average Bonchev–Trinajstić information content (AvgIpc) is 2.05. The van der Waals surface area contributed by atoms with Crippen LogP contribution in [0.5, 0.6) is 0 Å². The van der Waals surface area contributed by atoms with Gasteiger partial charge < -0.3 is 4.74 Å². The summed E-state index contributed by atoms with van der Waals surface area (Å²) < 4.78 is 7.49. The van der Waals surface area contributed by atoms with Crippen LogP contribution in [0.25, 0.3) is 0 Å². The maximum Gasteiger partial charge on any atom is 0.323 e. The van der Waals surface area contributed by atoms with Crippen molar-refractivity contribution in [3.8, 4) is 0 Å². The Hall–Kier alpha value is -0.530. The van der Waals surface area contributed by atoms with Crippen molar-refractivity contribution in [1.82, 2.24) is 0 Å². The lowest BCUT2D eigenvalue weighted by Gasteiger charge is -2.11. The standard InChI is InChI=1S/C10H22NO/c1-5-7-8-10(6-2)12-9-11(3)4/h9-10H,5-8H2,1-4H3/q+1. The van der Waals surface area contributed by atoms with Crippen LogP contribution in [0.4, 0.5) is 0 Å². The number of hydrogen-bond acceptors (Lipinski definition) is 1. The van der Waals surface area contributed by atoms with Gasteiger partial charge >= 0.3 is 6.40 Å². The lowest BCUT2D eigenvalue weighted by Crippen LogP contribution is -2.14. The van der Waals surface area contributed by atoms with E-state index < -0.39 is 0 Å². The molecule has 0 amide bonds. The Morgan fingerprint density at radius 3 is 2.42 bits per heavy atom. The molecular weight excluding hydrogens is 150 g/mol. The summed E-state index contributed by atoms with van der Waals surface area (Å²) in [6.45, 7) is 4.38. The molecule has 0 N–H and O–H groups in total. The molecule has 0 saturated heterocycles. The topological polar surface area (TPSA) is 12.2 Å². The summed E-state index contributed by atoms with van der Waals surface area (Å²) >= 11 is 0. The van der Waals surface area contributed by atoms with Gasteiger partial charge in [0.25, 0.3) is 0 Å². The Bertz CT molecular complexity index is 128. The molecule has 2 heteroatoms. The van der Waals surface area contributed by atoms with Crippen molar-refractivity contribution in [3.05, 3.63) is 0 Å². The Kier molecular flexibility index (Phi) is 6.82. The van der Waals surface area contributed by atoms with E-state index in [0.29, 0.717) is 6.10 Å². The van der Waals surface area contributed by atoms with E-state index in [0.717, 1.165) is 6.42 Å². The van der Waals surface area contributed by atoms with Crippen molar-refractivity contribution in [2.24, 2.45) is 0 Å². The van der Waals surface area contributed by atoms with E-state index in [-0.39, 0.29) is 0 Å². The first-order chi connectivity index (χ1) is 5.70. The van der Waals surface area contributed by atoms with Gasteiger partial charge in [0.2, 0.25) is 0 Å². The highest BCUT2D eigenvalue weighted by Gasteiger charge is 2.05. The monoisotopic (exact) mass is 172 g/mol. The minimum atomic E-state index is 0.410. The van der Waals surface area contributed by atoms with Crippen LogP contribution in [0.3, 0.4) is 0 Å². The van der Waals surface area contributed by atoms with E-state index in [1.807, 2.05) is 18.7 Å². The summed E-state index contributed by atoms with van der Waals surface area (Å²) in [5.41, 5.74) is 0. The maximum absolute atomic E-state index is 5.56. The Morgan fingerprint density at radius 1 is 1.33 bits per heavy atom. The van der Waals surface area contributed by atoms with Crippen LogP contribution < -0.4 is 0 Å². The van der Waals surface area contributed by atoms with E-state index in [1.165, 1.54) is 19.3 Å². The molecule has 72 valence electrons. The van der Waals surface area contributed by atoms with Crippen molar-refractivity contribution >= 4 is 6.40 Å². The molecule has 0 aliphatic heterocycles. The van der Waals surface area contributed by atoms with Gasteiger partial charge in [0.15, 0.2) is 0 Å². The second-order valence-electron chi connectivity index (χ2n) is 3.38. The summed E-state index contributed by atoms with van der Waals surface area (Å²) in [5, 5.41) is 0. The van der Waals surface area contributed by atoms with Gasteiger partial charge in [-0.25, -0.2) is 4.58 Å². The SMILES string of the molecule is CCCCC(CC)OC=[N+](C)C. The summed E-state index contributed by atoms with van der Waals surface area (Å²) in [7, 11) is 3.96. The van der Waals surface area contributed by atoms with E-state index in [4.69, 9.17) is 4.74 Å². The summed E-state index contributed by atoms with van der Waals surface area (Å²) in [6.07, 6.45) is 7.00. The first kappa shape index (κ1) is 11.5. The Morgan fingerprint density at radius 2 is 2.00 bits per heavy atom. The van der Waals surface area contributed by atoms with Crippen molar-refractivity contribution in [1.29, 1.82) is 0 Å². The Balaban J connectivity index is 3.60. The molecule has 0 fully saturated rings. The normalized spacial score (nSPS) is 12.3. The van der Waals surface area contributed by atoms with E-state index >= 15 is 0 Å². The first-order valence-corrected chi connectivity index (χ1v) is 4.85. The van der Waals surface area contributed by atoms with E-state index in [9.17, 15) is 0 Å². The molecule has 0 spiro atoms. The molecule has 12 heavy (non-hydrogen) atoms. The van der Waals surface area contributed by atoms with Crippen LogP contribution in [-0.2, 0) is 4.74 Å².